The van der Waals surface area contributed by atoms with Crippen LogP contribution in [0, 0.1) is 5.82 Å². The third-order valence-electron chi connectivity index (χ3n) is 10.5. The highest BCUT2D eigenvalue weighted by Crippen LogP contribution is 2.48. The van der Waals surface area contributed by atoms with Crippen molar-refractivity contribution in [3.8, 4) is 11.4 Å². The third-order valence-corrected chi connectivity index (χ3v) is 10.5. The fourth-order valence-electron chi connectivity index (χ4n) is 8.38. The second kappa shape index (κ2) is 11.5. The standard InChI is InChI=1S/C48H30FN3O/c49-31-13-10-16-33(29-31)51-40-21-8-5-19-37(40)48-42(51)23-12-25-44(48)52(34-27-28-46-38(30-34)35-17-6-9-26-45(35)53-46)43-24-11-22-41-47(43)36-18-4-7-20-39(36)50(41)32-14-2-1-3-15-32/h1-30H. The van der Waals surface area contributed by atoms with Gasteiger partial charge in [0.25, 0.3) is 0 Å². The number of aromatic nitrogens is 2. The van der Waals surface area contributed by atoms with Gasteiger partial charge in [-0.3, -0.25) is 0 Å². The predicted molar refractivity (Wildman–Crippen MR) is 217 cm³/mol. The molecule has 0 spiro atoms. The summed E-state index contributed by atoms with van der Waals surface area (Å²) in [5.41, 5.74) is 10.9. The fourth-order valence-corrected chi connectivity index (χ4v) is 8.38. The molecule has 0 amide bonds. The van der Waals surface area contributed by atoms with E-state index >= 15 is 0 Å². The van der Waals surface area contributed by atoms with Crippen LogP contribution in [0.3, 0.4) is 0 Å². The van der Waals surface area contributed by atoms with Gasteiger partial charge in [0.1, 0.15) is 17.0 Å². The van der Waals surface area contributed by atoms with Gasteiger partial charge in [0.05, 0.1) is 33.4 Å². The lowest BCUT2D eigenvalue weighted by atomic mass is 10.0. The van der Waals surface area contributed by atoms with Gasteiger partial charge in [-0.05, 0) is 91.0 Å². The molecule has 250 valence electrons. The normalized spacial score (nSPS) is 11.9. The fraction of sp³-hybridized carbons (Fsp3) is 0. The second-order valence-corrected chi connectivity index (χ2v) is 13.5. The van der Waals surface area contributed by atoms with E-state index in [1.165, 1.54) is 6.07 Å². The van der Waals surface area contributed by atoms with Crippen LogP contribution in [-0.2, 0) is 0 Å². The van der Waals surface area contributed by atoms with Crippen LogP contribution in [0.25, 0.3) is 76.9 Å². The van der Waals surface area contributed by atoms with E-state index in [1.807, 2.05) is 24.3 Å². The Hall–Kier alpha value is -7.11. The van der Waals surface area contributed by atoms with Crippen molar-refractivity contribution in [2.45, 2.75) is 0 Å². The second-order valence-electron chi connectivity index (χ2n) is 13.5. The predicted octanol–water partition coefficient (Wildman–Crippen LogP) is 13.4. The SMILES string of the molecule is Fc1cccc(-n2c3ccccc3c3c(N(c4ccc5oc6ccccc6c5c4)c4cccc5c4c4ccccc4n5-c4ccccc4)cccc32)c1. The average Bonchev–Trinajstić information content (AvgIpc) is 3.87. The summed E-state index contributed by atoms with van der Waals surface area (Å²) >= 11 is 0. The summed E-state index contributed by atoms with van der Waals surface area (Å²) in [4.78, 5) is 2.40. The molecule has 0 aliphatic heterocycles. The van der Waals surface area contributed by atoms with Gasteiger partial charge in [-0.15, -0.1) is 0 Å². The minimum Gasteiger partial charge on any atom is -0.456 e. The van der Waals surface area contributed by atoms with Gasteiger partial charge in [0.2, 0.25) is 0 Å². The number of furan rings is 1. The molecular weight excluding hydrogens is 654 g/mol. The number of anilines is 3. The van der Waals surface area contributed by atoms with E-state index < -0.39 is 0 Å². The molecule has 0 N–H and O–H groups in total. The Balaban J connectivity index is 1.28. The molecule has 0 atom stereocenters. The molecule has 0 aliphatic carbocycles. The van der Waals surface area contributed by atoms with Crippen LogP contribution in [0.4, 0.5) is 21.5 Å². The Morgan fingerprint density at radius 2 is 0.925 bits per heavy atom. The van der Waals surface area contributed by atoms with Crippen LogP contribution in [0.1, 0.15) is 0 Å². The smallest absolute Gasteiger partial charge is 0.135 e. The summed E-state index contributed by atoms with van der Waals surface area (Å²) in [6.07, 6.45) is 0. The van der Waals surface area contributed by atoms with Gasteiger partial charge >= 0.3 is 0 Å². The van der Waals surface area contributed by atoms with Crippen molar-refractivity contribution >= 4 is 82.6 Å². The van der Waals surface area contributed by atoms with Gasteiger partial charge < -0.3 is 18.5 Å². The van der Waals surface area contributed by atoms with Crippen molar-refractivity contribution in [1.29, 1.82) is 0 Å². The van der Waals surface area contributed by atoms with E-state index in [1.54, 1.807) is 12.1 Å². The molecule has 3 aromatic heterocycles. The molecule has 0 saturated carbocycles. The highest BCUT2D eigenvalue weighted by Gasteiger charge is 2.25. The molecule has 3 heterocycles. The van der Waals surface area contributed by atoms with Gasteiger partial charge in [-0.2, -0.15) is 0 Å². The zero-order valence-electron chi connectivity index (χ0n) is 28.4. The molecule has 0 aliphatic rings. The van der Waals surface area contributed by atoms with Crippen LogP contribution in [0.2, 0.25) is 0 Å². The van der Waals surface area contributed by atoms with Crippen LogP contribution in [-0.4, -0.2) is 9.13 Å². The summed E-state index contributed by atoms with van der Waals surface area (Å²) in [6.45, 7) is 0. The van der Waals surface area contributed by atoms with Crippen LogP contribution >= 0.6 is 0 Å². The Morgan fingerprint density at radius 3 is 1.60 bits per heavy atom. The van der Waals surface area contributed by atoms with E-state index in [-0.39, 0.29) is 5.82 Å². The Kier molecular flexibility index (Phi) is 6.40. The molecule has 0 bridgehead atoms. The summed E-state index contributed by atoms with van der Waals surface area (Å²) in [7, 11) is 0. The zero-order chi connectivity index (χ0) is 35.0. The van der Waals surface area contributed by atoms with Gasteiger partial charge in [-0.1, -0.05) is 91.0 Å². The summed E-state index contributed by atoms with van der Waals surface area (Å²) in [6, 6.07) is 62.2. The van der Waals surface area contributed by atoms with Crippen LogP contribution < -0.4 is 4.90 Å². The molecule has 8 aromatic carbocycles. The molecule has 0 unspecified atom stereocenters. The molecule has 5 heteroatoms. The number of fused-ring (bicyclic) bond motifs is 9. The molecule has 0 saturated heterocycles. The number of halogens is 1. The number of para-hydroxylation sites is 4. The lowest BCUT2D eigenvalue weighted by molar-refractivity contribution is 0.627. The van der Waals surface area contributed by atoms with Crippen molar-refractivity contribution in [2.24, 2.45) is 0 Å². The minimum atomic E-state index is -0.270. The maximum atomic E-state index is 14.8. The molecule has 11 rings (SSSR count). The van der Waals surface area contributed by atoms with Crippen molar-refractivity contribution < 1.29 is 8.81 Å². The van der Waals surface area contributed by atoms with Crippen molar-refractivity contribution in [1.82, 2.24) is 9.13 Å². The number of hydrogen-bond acceptors (Lipinski definition) is 2. The number of rotatable bonds is 5. The number of nitrogens with zero attached hydrogens (tertiary/aromatic N) is 3. The van der Waals surface area contributed by atoms with E-state index in [4.69, 9.17) is 4.42 Å². The van der Waals surface area contributed by atoms with Crippen LogP contribution in [0.15, 0.2) is 186 Å². The van der Waals surface area contributed by atoms with Gasteiger partial charge in [-0.25, -0.2) is 4.39 Å². The van der Waals surface area contributed by atoms with E-state index in [2.05, 4.69) is 154 Å². The number of hydrogen-bond donors (Lipinski definition) is 0. The van der Waals surface area contributed by atoms with Gasteiger partial charge in [0, 0.05) is 49.4 Å². The zero-order valence-corrected chi connectivity index (χ0v) is 28.4. The summed E-state index contributed by atoms with van der Waals surface area (Å²) < 4.78 is 25.6. The van der Waals surface area contributed by atoms with Crippen LogP contribution in [0.5, 0.6) is 0 Å². The molecule has 53 heavy (non-hydrogen) atoms. The number of benzene rings is 8. The lowest BCUT2D eigenvalue weighted by Crippen LogP contribution is -2.11. The highest BCUT2D eigenvalue weighted by atomic mass is 19.1. The first-order chi connectivity index (χ1) is 26.2. The Bertz CT molecular complexity index is 3210. The largest absolute Gasteiger partial charge is 0.456 e. The first kappa shape index (κ1) is 29.6. The maximum absolute atomic E-state index is 14.8. The van der Waals surface area contributed by atoms with Gasteiger partial charge in [0.15, 0.2) is 0 Å². The Labute approximate surface area is 303 Å². The molecule has 11 aromatic rings. The van der Waals surface area contributed by atoms with Crippen molar-refractivity contribution in [3.63, 3.8) is 0 Å². The van der Waals surface area contributed by atoms with E-state index in [0.29, 0.717) is 0 Å². The van der Waals surface area contributed by atoms with E-state index in [9.17, 15) is 4.39 Å². The topological polar surface area (TPSA) is 26.2 Å². The highest BCUT2D eigenvalue weighted by molar-refractivity contribution is 6.21. The summed E-state index contributed by atoms with van der Waals surface area (Å²) in [5.74, 6) is -0.270. The monoisotopic (exact) mass is 683 g/mol. The lowest BCUT2D eigenvalue weighted by Gasteiger charge is -2.27. The molecule has 0 fully saturated rings. The van der Waals surface area contributed by atoms with Crippen molar-refractivity contribution in [2.75, 3.05) is 4.90 Å². The maximum Gasteiger partial charge on any atom is 0.135 e. The molecular formula is C48H30FN3O. The van der Waals surface area contributed by atoms with Crippen molar-refractivity contribution in [3.05, 3.63) is 188 Å². The summed E-state index contributed by atoms with van der Waals surface area (Å²) in [5, 5.41) is 6.60. The quantitative estimate of drug-likeness (QED) is 0.180. The Morgan fingerprint density at radius 1 is 0.396 bits per heavy atom. The van der Waals surface area contributed by atoms with E-state index in [0.717, 1.165) is 94.0 Å². The minimum absolute atomic E-state index is 0.270. The first-order valence-electron chi connectivity index (χ1n) is 17.8. The molecule has 4 nitrogen and oxygen atoms in total. The molecule has 0 radical (unpaired) electrons. The first-order valence-corrected chi connectivity index (χ1v) is 17.8. The third kappa shape index (κ3) is 4.41. The average molecular weight is 684 g/mol.